The van der Waals surface area contributed by atoms with Crippen LogP contribution in [0.1, 0.15) is 27.6 Å². The molecule has 3 aromatic rings. The van der Waals surface area contributed by atoms with Gasteiger partial charge in [0.15, 0.2) is 5.82 Å². The van der Waals surface area contributed by atoms with Gasteiger partial charge in [-0.25, -0.2) is 9.97 Å². The SMILES string of the molecule is Cc1nc(Nc2cc(C)on2)cc(C(=O)NCCc2ccc(Cl)cc2)n1. The van der Waals surface area contributed by atoms with E-state index in [-0.39, 0.29) is 11.6 Å². The van der Waals surface area contributed by atoms with E-state index in [1.165, 1.54) is 0 Å². The molecule has 2 N–H and O–H groups in total. The second-order valence-electron chi connectivity index (χ2n) is 5.77. The van der Waals surface area contributed by atoms with Crippen molar-refractivity contribution < 1.29 is 9.32 Å². The van der Waals surface area contributed by atoms with Crippen LogP contribution in [-0.2, 0) is 6.42 Å². The molecule has 1 amide bonds. The van der Waals surface area contributed by atoms with Gasteiger partial charge < -0.3 is 15.2 Å². The van der Waals surface area contributed by atoms with Crippen LogP contribution in [0.3, 0.4) is 0 Å². The number of hydrogen-bond acceptors (Lipinski definition) is 6. The van der Waals surface area contributed by atoms with E-state index >= 15 is 0 Å². The number of benzene rings is 1. The summed E-state index contributed by atoms with van der Waals surface area (Å²) in [7, 11) is 0. The summed E-state index contributed by atoms with van der Waals surface area (Å²) in [5.74, 6) is 1.91. The largest absolute Gasteiger partial charge is 0.360 e. The highest BCUT2D eigenvalue weighted by Crippen LogP contribution is 2.15. The van der Waals surface area contributed by atoms with Gasteiger partial charge in [0.2, 0.25) is 0 Å². The molecule has 3 rings (SSSR count). The van der Waals surface area contributed by atoms with Gasteiger partial charge in [-0.05, 0) is 38.0 Å². The molecule has 26 heavy (non-hydrogen) atoms. The number of nitrogens with one attached hydrogen (secondary N) is 2. The highest BCUT2D eigenvalue weighted by Gasteiger charge is 2.11. The van der Waals surface area contributed by atoms with Crippen molar-refractivity contribution >= 4 is 29.1 Å². The molecular formula is C18H18ClN5O2. The van der Waals surface area contributed by atoms with E-state index in [9.17, 15) is 4.79 Å². The minimum Gasteiger partial charge on any atom is -0.360 e. The molecule has 0 spiro atoms. The Morgan fingerprint density at radius 1 is 1.12 bits per heavy atom. The molecule has 0 aliphatic carbocycles. The first-order valence-electron chi connectivity index (χ1n) is 8.08. The van der Waals surface area contributed by atoms with Crippen molar-refractivity contribution in [1.29, 1.82) is 0 Å². The molecule has 7 nitrogen and oxygen atoms in total. The lowest BCUT2D eigenvalue weighted by Crippen LogP contribution is -2.27. The summed E-state index contributed by atoms with van der Waals surface area (Å²) in [6.45, 7) is 4.02. The van der Waals surface area contributed by atoms with Crippen LogP contribution >= 0.6 is 11.6 Å². The Morgan fingerprint density at radius 3 is 2.58 bits per heavy atom. The van der Waals surface area contributed by atoms with Gasteiger partial charge in [-0.15, -0.1) is 0 Å². The zero-order valence-corrected chi connectivity index (χ0v) is 15.2. The molecule has 0 aliphatic rings. The Morgan fingerprint density at radius 2 is 1.88 bits per heavy atom. The lowest BCUT2D eigenvalue weighted by molar-refractivity contribution is 0.0949. The number of aromatic nitrogens is 3. The van der Waals surface area contributed by atoms with Crippen molar-refractivity contribution in [1.82, 2.24) is 20.4 Å². The summed E-state index contributed by atoms with van der Waals surface area (Å²) in [5.41, 5.74) is 1.38. The normalized spacial score (nSPS) is 10.6. The number of carbonyl (C=O) groups is 1. The zero-order valence-electron chi connectivity index (χ0n) is 14.4. The van der Waals surface area contributed by atoms with Crippen molar-refractivity contribution in [2.24, 2.45) is 0 Å². The third-order valence-electron chi connectivity index (χ3n) is 3.57. The molecule has 2 heterocycles. The Bertz CT molecular complexity index is 908. The number of hydrogen-bond donors (Lipinski definition) is 2. The van der Waals surface area contributed by atoms with Crippen molar-refractivity contribution in [2.75, 3.05) is 11.9 Å². The molecule has 134 valence electrons. The maximum absolute atomic E-state index is 12.4. The average Bonchev–Trinajstić information content (AvgIpc) is 3.01. The monoisotopic (exact) mass is 371 g/mol. The number of halogens is 1. The predicted molar refractivity (Wildman–Crippen MR) is 98.8 cm³/mol. The van der Waals surface area contributed by atoms with Gasteiger partial charge in [-0.1, -0.05) is 28.9 Å². The Labute approximate surface area is 155 Å². The van der Waals surface area contributed by atoms with Crippen molar-refractivity contribution in [3.8, 4) is 0 Å². The molecule has 0 saturated heterocycles. The fraction of sp³-hybridized carbons (Fsp3) is 0.222. The van der Waals surface area contributed by atoms with E-state index in [1.807, 2.05) is 24.3 Å². The predicted octanol–water partition coefficient (Wildman–Crippen LogP) is 3.45. The maximum Gasteiger partial charge on any atom is 0.270 e. The Balaban J connectivity index is 1.62. The molecule has 0 radical (unpaired) electrons. The van der Waals surface area contributed by atoms with Crippen molar-refractivity contribution in [3.63, 3.8) is 0 Å². The summed E-state index contributed by atoms with van der Waals surface area (Å²) >= 11 is 5.86. The fourth-order valence-electron chi connectivity index (χ4n) is 2.37. The van der Waals surface area contributed by atoms with Gasteiger partial charge in [0.1, 0.15) is 23.1 Å². The molecule has 0 atom stereocenters. The lowest BCUT2D eigenvalue weighted by atomic mass is 10.1. The first-order valence-corrected chi connectivity index (χ1v) is 8.46. The smallest absolute Gasteiger partial charge is 0.270 e. The highest BCUT2D eigenvalue weighted by molar-refractivity contribution is 6.30. The molecule has 0 fully saturated rings. The first kappa shape index (κ1) is 17.9. The van der Waals surface area contributed by atoms with E-state index in [1.54, 1.807) is 26.0 Å². The second kappa shape index (κ2) is 7.97. The van der Waals surface area contributed by atoms with Gasteiger partial charge in [-0.3, -0.25) is 4.79 Å². The molecular weight excluding hydrogens is 354 g/mol. The molecule has 0 aliphatic heterocycles. The van der Waals surface area contributed by atoms with Gasteiger partial charge in [-0.2, -0.15) is 0 Å². The van der Waals surface area contributed by atoms with Gasteiger partial charge in [0.25, 0.3) is 5.91 Å². The number of aryl methyl sites for hydroxylation is 2. The van der Waals surface area contributed by atoms with Gasteiger partial charge in [0.05, 0.1) is 0 Å². The lowest BCUT2D eigenvalue weighted by Gasteiger charge is -2.08. The van der Waals surface area contributed by atoms with E-state index in [2.05, 4.69) is 25.8 Å². The average molecular weight is 372 g/mol. The number of nitrogens with zero attached hydrogens (tertiary/aromatic N) is 3. The number of rotatable bonds is 6. The van der Waals surface area contributed by atoms with Gasteiger partial charge in [0, 0.05) is 23.7 Å². The zero-order chi connectivity index (χ0) is 18.5. The quantitative estimate of drug-likeness (QED) is 0.689. The molecule has 8 heteroatoms. The number of anilines is 2. The third kappa shape index (κ3) is 4.80. The highest BCUT2D eigenvalue weighted by atomic mass is 35.5. The van der Waals surface area contributed by atoms with Crippen LogP contribution in [0.15, 0.2) is 40.9 Å². The fourth-order valence-corrected chi connectivity index (χ4v) is 2.49. The van der Waals surface area contributed by atoms with E-state index < -0.39 is 0 Å². The molecule has 0 bridgehead atoms. The van der Waals surface area contributed by atoms with Crippen LogP contribution < -0.4 is 10.6 Å². The van der Waals surface area contributed by atoms with E-state index in [0.29, 0.717) is 41.2 Å². The molecule has 0 saturated carbocycles. The number of amides is 1. The van der Waals surface area contributed by atoms with Crippen LogP contribution in [0, 0.1) is 13.8 Å². The van der Waals surface area contributed by atoms with Crippen LogP contribution in [-0.4, -0.2) is 27.6 Å². The molecule has 1 aromatic carbocycles. The molecule has 2 aromatic heterocycles. The Kier molecular flexibility index (Phi) is 5.48. The molecule has 0 unspecified atom stereocenters. The maximum atomic E-state index is 12.4. The summed E-state index contributed by atoms with van der Waals surface area (Å²) in [6.07, 6.45) is 0.705. The number of carbonyl (C=O) groups excluding carboxylic acids is 1. The summed E-state index contributed by atoms with van der Waals surface area (Å²) in [4.78, 5) is 20.8. The minimum absolute atomic E-state index is 0.260. The summed E-state index contributed by atoms with van der Waals surface area (Å²) < 4.78 is 5.00. The van der Waals surface area contributed by atoms with Crippen LogP contribution in [0.2, 0.25) is 5.02 Å². The topological polar surface area (TPSA) is 92.9 Å². The summed E-state index contributed by atoms with van der Waals surface area (Å²) in [6, 6.07) is 10.8. The van der Waals surface area contributed by atoms with Crippen molar-refractivity contribution in [2.45, 2.75) is 20.3 Å². The van der Waals surface area contributed by atoms with Crippen LogP contribution in [0.5, 0.6) is 0 Å². The van der Waals surface area contributed by atoms with Crippen LogP contribution in [0.25, 0.3) is 0 Å². The van der Waals surface area contributed by atoms with Crippen LogP contribution in [0.4, 0.5) is 11.6 Å². The second-order valence-corrected chi connectivity index (χ2v) is 6.20. The Hall–Kier alpha value is -2.93. The summed E-state index contributed by atoms with van der Waals surface area (Å²) in [5, 5.41) is 10.4. The standard InChI is InChI=1S/C18H18ClN5O2/c1-11-9-17(24-26-11)23-16-10-15(21-12(2)22-16)18(25)20-8-7-13-3-5-14(19)6-4-13/h3-6,9-10H,7-8H2,1-2H3,(H,20,25)(H,21,22,23,24). The van der Waals surface area contributed by atoms with E-state index in [0.717, 1.165) is 5.56 Å². The van der Waals surface area contributed by atoms with Crippen molar-refractivity contribution in [3.05, 3.63) is 64.3 Å². The van der Waals surface area contributed by atoms with Gasteiger partial charge >= 0.3 is 0 Å². The minimum atomic E-state index is -0.260. The third-order valence-corrected chi connectivity index (χ3v) is 3.82. The first-order chi connectivity index (χ1) is 12.5. The van der Waals surface area contributed by atoms with E-state index in [4.69, 9.17) is 16.1 Å².